The molecule has 0 saturated carbocycles. The van der Waals surface area contributed by atoms with E-state index in [9.17, 15) is 0 Å². The van der Waals surface area contributed by atoms with Crippen LogP contribution in [0.5, 0.6) is 0 Å². The monoisotopic (exact) mass is 220 g/mol. The number of hydrogen-bond acceptors (Lipinski definition) is 1. The lowest BCUT2D eigenvalue weighted by Gasteiger charge is -1.90. The van der Waals surface area contributed by atoms with Gasteiger partial charge in [0.25, 0.3) is 0 Å². The predicted molar refractivity (Wildman–Crippen MR) is 50.7 cm³/mol. The zero-order valence-corrected chi connectivity index (χ0v) is 7.72. The van der Waals surface area contributed by atoms with Gasteiger partial charge < -0.3 is 4.98 Å². The van der Waals surface area contributed by atoms with Gasteiger partial charge >= 0.3 is 0 Å². The summed E-state index contributed by atoms with van der Waals surface area (Å²) in [6.07, 6.45) is 1.72. The Labute approximate surface area is 77.9 Å². The van der Waals surface area contributed by atoms with Crippen molar-refractivity contribution in [3.05, 3.63) is 34.4 Å². The maximum absolute atomic E-state index is 8.73. The van der Waals surface area contributed by atoms with Crippen molar-refractivity contribution in [1.29, 1.82) is 5.26 Å². The van der Waals surface area contributed by atoms with E-state index in [4.69, 9.17) is 5.26 Å². The molecule has 0 aliphatic rings. The molecule has 1 N–H and O–H groups in total. The standard InChI is InChI=1S/C9H5BrN2/c10-7-1-2-9-8(3-7)6(4-11)5-12-9/h1-3,5,12H. The summed E-state index contributed by atoms with van der Waals surface area (Å²) in [4.78, 5) is 3.02. The Morgan fingerprint density at radius 3 is 3.00 bits per heavy atom. The van der Waals surface area contributed by atoms with Gasteiger partial charge in [0.15, 0.2) is 0 Å². The number of aromatic amines is 1. The quantitative estimate of drug-likeness (QED) is 0.729. The van der Waals surface area contributed by atoms with Crippen molar-refractivity contribution < 1.29 is 0 Å². The zero-order chi connectivity index (χ0) is 8.55. The van der Waals surface area contributed by atoms with Gasteiger partial charge in [-0.2, -0.15) is 5.26 Å². The molecule has 2 nitrogen and oxygen atoms in total. The van der Waals surface area contributed by atoms with Crippen LogP contribution in [0, 0.1) is 11.3 Å². The van der Waals surface area contributed by atoms with Gasteiger partial charge in [0, 0.05) is 21.6 Å². The van der Waals surface area contributed by atoms with Crippen molar-refractivity contribution in [3.63, 3.8) is 0 Å². The van der Waals surface area contributed by atoms with Gasteiger partial charge in [0.1, 0.15) is 6.07 Å². The fraction of sp³-hybridized carbons (Fsp3) is 0. The lowest BCUT2D eigenvalue weighted by molar-refractivity contribution is 1.45. The largest absolute Gasteiger partial charge is 0.360 e. The number of nitrogens with one attached hydrogen (secondary N) is 1. The molecule has 2 aromatic rings. The zero-order valence-electron chi connectivity index (χ0n) is 6.13. The summed E-state index contributed by atoms with van der Waals surface area (Å²) in [5, 5.41) is 9.69. The maximum atomic E-state index is 8.73. The summed E-state index contributed by atoms with van der Waals surface area (Å²) in [7, 11) is 0. The van der Waals surface area contributed by atoms with Crippen molar-refractivity contribution in [3.8, 4) is 6.07 Å². The summed E-state index contributed by atoms with van der Waals surface area (Å²) in [6.45, 7) is 0. The van der Waals surface area contributed by atoms with Crippen LogP contribution in [-0.2, 0) is 0 Å². The van der Waals surface area contributed by atoms with E-state index in [2.05, 4.69) is 27.0 Å². The van der Waals surface area contributed by atoms with Crippen LogP contribution in [0.1, 0.15) is 5.56 Å². The number of fused-ring (bicyclic) bond motifs is 1. The molecule has 1 heterocycles. The third-order valence-electron chi connectivity index (χ3n) is 1.76. The molecule has 0 atom stereocenters. The minimum atomic E-state index is 0.686. The number of benzene rings is 1. The first-order valence-electron chi connectivity index (χ1n) is 3.48. The number of halogens is 1. The Balaban J connectivity index is 2.86. The molecule has 2 rings (SSSR count). The maximum Gasteiger partial charge on any atom is 0.101 e. The highest BCUT2D eigenvalue weighted by molar-refractivity contribution is 9.10. The minimum Gasteiger partial charge on any atom is -0.360 e. The SMILES string of the molecule is N#Cc1c[nH]c2ccc(Br)cc12. The highest BCUT2D eigenvalue weighted by atomic mass is 79.9. The van der Waals surface area contributed by atoms with E-state index in [0.29, 0.717) is 5.56 Å². The van der Waals surface area contributed by atoms with E-state index in [1.165, 1.54) is 0 Å². The van der Waals surface area contributed by atoms with Crippen molar-refractivity contribution in [2.24, 2.45) is 0 Å². The van der Waals surface area contributed by atoms with Crippen LogP contribution in [0.2, 0.25) is 0 Å². The van der Waals surface area contributed by atoms with Crippen LogP contribution in [0.3, 0.4) is 0 Å². The Hall–Kier alpha value is -1.27. The lowest BCUT2D eigenvalue weighted by Crippen LogP contribution is -1.69. The van der Waals surface area contributed by atoms with E-state index in [1.807, 2.05) is 18.2 Å². The lowest BCUT2D eigenvalue weighted by atomic mass is 10.2. The van der Waals surface area contributed by atoms with E-state index < -0.39 is 0 Å². The van der Waals surface area contributed by atoms with Gasteiger partial charge in [0.05, 0.1) is 5.56 Å². The van der Waals surface area contributed by atoms with E-state index in [0.717, 1.165) is 15.4 Å². The van der Waals surface area contributed by atoms with E-state index in [-0.39, 0.29) is 0 Å². The summed E-state index contributed by atoms with van der Waals surface area (Å²) in [5.74, 6) is 0. The van der Waals surface area contributed by atoms with Crippen molar-refractivity contribution >= 4 is 26.8 Å². The van der Waals surface area contributed by atoms with E-state index >= 15 is 0 Å². The van der Waals surface area contributed by atoms with Gasteiger partial charge in [-0.3, -0.25) is 0 Å². The Kier molecular flexibility index (Phi) is 1.63. The molecule has 0 bridgehead atoms. The predicted octanol–water partition coefficient (Wildman–Crippen LogP) is 2.80. The van der Waals surface area contributed by atoms with Crippen LogP contribution >= 0.6 is 15.9 Å². The molecule has 0 unspecified atom stereocenters. The number of aromatic nitrogens is 1. The highest BCUT2D eigenvalue weighted by Crippen LogP contribution is 2.21. The summed E-state index contributed by atoms with van der Waals surface area (Å²) >= 11 is 3.36. The molecule has 12 heavy (non-hydrogen) atoms. The molecule has 1 aromatic carbocycles. The number of nitrogens with zero attached hydrogens (tertiary/aromatic N) is 1. The normalized spacial score (nSPS) is 10.0. The first-order chi connectivity index (χ1) is 5.81. The van der Waals surface area contributed by atoms with Crippen molar-refractivity contribution in [1.82, 2.24) is 4.98 Å². The van der Waals surface area contributed by atoms with Gasteiger partial charge in [0.2, 0.25) is 0 Å². The fourth-order valence-corrected chi connectivity index (χ4v) is 1.55. The third-order valence-corrected chi connectivity index (χ3v) is 2.26. The molecule has 0 aliphatic heterocycles. The molecule has 0 fully saturated rings. The second kappa shape index (κ2) is 2.65. The fourth-order valence-electron chi connectivity index (χ4n) is 1.19. The molecule has 3 heteroatoms. The number of nitriles is 1. The van der Waals surface area contributed by atoms with Gasteiger partial charge in [-0.05, 0) is 18.2 Å². The average molecular weight is 221 g/mol. The Morgan fingerprint density at radius 2 is 2.25 bits per heavy atom. The molecule has 0 radical (unpaired) electrons. The number of rotatable bonds is 0. The molecule has 0 saturated heterocycles. The van der Waals surface area contributed by atoms with E-state index in [1.54, 1.807) is 6.20 Å². The molecule has 1 aromatic heterocycles. The van der Waals surface area contributed by atoms with Crippen LogP contribution < -0.4 is 0 Å². The molecule has 0 aliphatic carbocycles. The summed E-state index contributed by atoms with van der Waals surface area (Å²) in [5.41, 5.74) is 1.68. The Morgan fingerprint density at radius 1 is 1.42 bits per heavy atom. The molecule has 0 spiro atoms. The highest BCUT2D eigenvalue weighted by Gasteiger charge is 2.01. The molecule has 0 amide bonds. The first kappa shape index (κ1) is 7.38. The molecule has 58 valence electrons. The van der Waals surface area contributed by atoms with Crippen LogP contribution in [0.4, 0.5) is 0 Å². The van der Waals surface area contributed by atoms with Gasteiger partial charge in [-0.15, -0.1) is 0 Å². The van der Waals surface area contributed by atoms with Crippen molar-refractivity contribution in [2.45, 2.75) is 0 Å². The van der Waals surface area contributed by atoms with Crippen molar-refractivity contribution in [2.75, 3.05) is 0 Å². The summed E-state index contributed by atoms with van der Waals surface area (Å²) < 4.78 is 0.992. The third kappa shape index (κ3) is 1.01. The number of H-pyrrole nitrogens is 1. The Bertz CT molecular complexity index is 465. The second-order valence-corrected chi connectivity index (χ2v) is 3.42. The van der Waals surface area contributed by atoms with Gasteiger partial charge in [-0.25, -0.2) is 0 Å². The van der Waals surface area contributed by atoms with Crippen LogP contribution in [-0.4, -0.2) is 4.98 Å². The number of hydrogen-bond donors (Lipinski definition) is 1. The first-order valence-corrected chi connectivity index (χ1v) is 4.27. The van der Waals surface area contributed by atoms with Gasteiger partial charge in [-0.1, -0.05) is 15.9 Å². The second-order valence-electron chi connectivity index (χ2n) is 2.50. The average Bonchev–Trinajstić information content (AvgIpc) is 2.46. The van der Waals surface area contributed by atoms with Crippen LogP contribution in [0.15, 0.2) is 28.9 Å². The smallest absolute Gasteiger partial charge is 0.101 e. The summed E-state index contributed by atoms with van der Waals surface area (Å²) in [6, 6.07) is 7.95. The topological polar surface area (TPSA) is 39.6 Å². The molecular formula is C9H5BrN2. The van der Waals surface area contributed by atoms with Crippen LogP contribution in [0.25, 0.3) is 10.9 Å². The molecular weight excluding hydrogens is 216 g/mol. The minimum absolute atomic E-state index is 0.686.